The molecule has 1 rings (SSSR count). The van der Waals surface area contributed by atoms with Gasteiger partial charge in [-0.15, -0.1) is 11.6 Å². The minimum absolute atomic E-state index is 0.648. The Morgan fingerprint density at radius 3 is 2.53 bits per heavy atom. The molecule has 0 aromatic heterocycles. The fourth-order valence-electron chi connectivity index (χ4n) is 2.24. The van der Waals surface area contributed by atoms with E-state index in [1.807, 2.05) is 0 Å². The van der Waals surface area contributed by atoms with Gasteiger partial charge in [0.05, 0.1) is 0 Å². The number of rotatable bonds is 8. The molecule has 0 heterocycles. The third-order valence-corrected chi connectivity index (χ3v) is 3.89. The van der Waals surface area contributed by atoms with Gasteiger partial charge in [0, 0.05) is 5.88 Å². The van der Waals surface area contributed by atoms with Crippen molar-refractivity contribution in [3.05, 3.63) is 35.4 Å². The minimum Gasteiger partial charge on any atom is -0.126 e. The summed E-state index contributed by atoms with van der Waals surface area (Å²) in [6.45, 7) is 4.45. The van der Waals surface area contributed by atoms with E-state index in [1.54, 1.807) is 0 Å². The third kappa shape index (κ3) is 5.59. The quantitative estimate of drug-likeness (QED) is 0.431. The van der Waals surface area contributed by atoms with Crippen LogP contribution in [0.2, 0.25) is 0 Å². The van der Waals surface area contributed by atoms with Crippen molar-refractivity contribution in [2.45, 2.75) is 52.4 Å². The van der Waals surface area contributed by atoms with E-state index in [0.29, 0.717) is 5.92 Å². The van der Waals surface area contributed by atoms with Crippen LogP contribution in [0.1, 0.15) is 50.2 Å². The minimum atomic E-state index is 0.648. The maximum absolute atomic E-state index is 6.08. The van der Waals surface area contributed by atoms with Gasteiger partial charge in [-0.1, -0.05) is 56.9 Å². The smallest absolute Gasteiger partial charge is 0.0254 e. The van der Waals surface area contributed by atoms with E-state index in [1.165, 1.54) is 43.2 Å². The van der Waals surface area contributed by atoms with Crippen LogP contribution in [0, 0.1) is 12.8 Å². The van der Waals surface area contributed by atoms with Gasteiger partial charge in [0.25, 0.3) is 0 Å². The topological polar surface area (TPSA) is 0 Å². The molecule has 0 bridgehead atoms. The average Bonchev–Trinajstić information content (AvgIpc) is 2.35. The maximum Gasteiger partial charge on any atom is 0.0254 e. The molecule has 0 aliphatic carbocycles. The van der Waals surface area contributed by atoms with Gasteiger partial charge >= 0.3 is 0 Å². The first kappa shape index (κ1) is 14.6. The average molecular weight is 253 g/mol. The molecule has 1 atom stereocenters. The summed E-state index contributed by atoms with van der Waals surface area (Å²) >= 11 is 6.08. The molecule has 96 valence electrons. The molecule has 1 heteroatoms. The highest BCUT2D eigenvalue weighted by atomic mass is 35.5. The largest absolute Gasteiger partial charge is 0.126 e. The summed E-state index contributed by atoms with van der Waals surface area (Å²) in [6, 6.07) is 8.67. The number of halogens is 1. The van der Waals surface area contributed by atoms with E-state index in [9.17, 15) is 0 Å². The second-order valence-corrected chi connectivity index (χ2v) is 5.31. The standard InChI is InChI=1S/C16H25Cl/c1-3-4-5-6-10-15(13-17)12-16-11-8-7-9-14(16)2/h7-9,11,15H,3-6,10,12-13H2,1-2H3. The monoisotopic (exact) mass is 252 g/mol. The molecule has 17 heavy (non-hydrogen) atoms. The van der Waals surface area contributed by atoms with Gasteiger partial charge in [-0.25, -0.2) is 0 Å². The summed E-state index contributed by atoms with van der Waals surface area (Å²) in [7, 11) is 0. The number of hydrogen-bond donors (Lipinski definition) is 0. The Bertz CT molecular complexity index is 306. The van der Waals surface area contributed by atoms with E-state index in [2.05, 4.69) is 38.1 Å². The molecule has 1 aromatic carbocycles. The number of unbranched alkanes of at least 4 members (excludes halogenated alkanes) is 3. The first-order valence-electron chi connectivity index (χ1n) is 6.88. The Morgan fingerprint density at radius 1 is 1.12 bits per heavy atom. The summed E-state index contributed by atoms with van der Waals surface area (Å²) in [6.07, 6.45) is 7.78. The maximum atomic E-state index is 6.08. The molecule has 0 fully saturated rings. The van der Waals surface area contributed by atoms with Gasteiger partial charge in [0.1, 0.15) is 0 Å². The van der Waals surface area contributed by atoms with E-state index < -0.39 is 0 Å². The predicted octanol–water partition coefficient (Wildman–Crippen LogP) is 5.36. The molecule has 0 spiro atoms. The van der Waals surface area contributed by atoms with E-state index in [4.69, 9.17) is 11.6 Å². The third-order valence-electron chi connectivity index (χ3n) is 3.45. The van der Waals surface area contributed by atoms with Crippen molar-refractivity contribution in [3.8, 4) is 0 Å². The van der Waals surface area contributed by atoms with Crippen LogP contribution in [0.4, 0.5) is 0 Å². The van der Waals surface area contributed by atoms with Crippen LogP contribution in [-0.4, -0.2) is 5.88 Å². The molecule has 0 nitrogen and oxygen atoms in total. The van der Waals surface area contributed by atoms with Gasteiger partial charge in [-0.2, -0.15) is 0 Å². The van der Waals surface area contributed by atoms with Crippen molar-refractivity contribution in [2.75, 3.05) is 5.88 Å². The molecule has 0 saturated heterocycles. The number of benzene rings is 1. The molecular formula is C16H25Cl. The molecule has 0 saturated carbocycles. The van der Waals surface area contributed by atoms with Crippen LogP contribution >= 0.6 is 11.6 Å². The highest BCUT2D eigenvalue weighted by Gasteiger charge is 2.09. The number of alkyl halides is 1. The van der Waals surface area contributed by atoms with Crippen LogP contribution in [0.25, 0.3) is 0 Å². The molecular weight excluding hydrogens is 228 g/mol. The number of aryl methyl sites for hydroxylation is 1. The normalized spacial score (nSPS) is 12.6. The van der Waals surface area contributed by atoms with Crippen LogP contribution in [0.5, 0.6) is 0 Å². The van der Waals surface area contributed by atoms with Crippen molar-refractivity contribution in [1.82, 2.24) is 0 Å². The Hall–Kier alpha value is -0.490. The van der Waals surface area contributed by atoms with Crippen molar-refractivity contribution in [3.63, 3.8) is 0 Å². The Balaban J connectivity index is 2.38. The predicted molar refractivity (Wildman–Crippen MR) is 77.9 cm³/mol. The zero-order valence-corrected chi connectivity index (χ0v) is 12.0. The van der Waals surface area contributed by atoms with Gasteiger partial charge in [0.15, 0.2) is 0 Å². The van der Waals surface area contributed by atoms with Crippen molar-refractivity contribution >= 4 is 11.6 Å². The lowest BCUT2D eigenvalue weighted by atomic mass is 9.93. The molecule has 1 aromatic rings. The molecule has 0 amide bonds. The first-order chi connectivity index (χ1) is 8.27. The summed E-state index contributed by atoms with van der Waals surface area (Å²) in [5.41, 5.74) is 2.87. The van der Waals surface area contributed by atoms with Crippen LogP contribution in [0.15, 0.2) is 24.3 Å². The zero-order valence-electron chi connectivity index (χ0n) is 11.2. The summed E-state index contributed by atoms with van der Waals surface area (Å²) in [4.78, 5) is 0. The molecule has 0 N–H and O–H groups in total. The highest BCUT2D eigenvalue weighted by molar-refractivity contribution is 6.18. The van der Waals surface area contributed by atoms with Gasteiger partial charge < -0.3 is 0 Å². The zero-order chi connectivity index (χ0) is 12.5. The highest BCUT2D eigenvalue weighted by Crippen LogP contribution is 2.19. The fraction of sp³-hybridized carbons (Fsp3) is 0.625. The number of hydrogen-bond acceptors (Lipinski definition) is 0. The second-order valence-electron chi connectivity index (χ2n) is 5.00. The Labute approximate surface area is 111 Å². The van der Waals surface area contributed by atoms with Gasteiger partial charge in [-0.3, -0.25) is 0 Å². The first-order valence-corrected chi connectivity index (χ1v) is 7.41. The molecule has 0 aliphatic rings. The van der Waals surface area contributed by atoms with E-state index in [-0.39, 0.29) is 0 Å². The molecule has 0 radical (unpaired) electrons. The lowest BCUT2D eigenvalue weighted by Gasteiger charge is -2.15. The van der Waals surface area contributed by atoms with Crippen molar-refractivity contribution in [1.29, 1.82) is 0 Å². The summed E-state index contributed by atoms with van der Waals surface area (Å²) < 4.78 is 0. The lowest BCUT2D eigenvalue weighted by molar-refractivity contribution is 0.491. The summed E-state index contributed by atoms with van der Waals surface area (Å²) in [5, 5.41) is 0. The van der Waals surface area contributed by atoms with Crippen molar-refractivity contribution in [2.24, 2.45) is 5.92 Å². The molecule has 0 aliphatic heterocycles. The van der Waals surface area contributed by atoms with Gasteiger partial charge in [0.2, 0.25) is 0 Å². The summed E-state index contributed by atoms with van der Waals surface area (Å²) in [5.74, 6) is 1.44. The van der Waals surface area contributed by atoms with Crippen LogP contribution < -0.4 is 0 Å². The Kier molecular flexibility index (Phi) is 7.35. The molecule has 1 unspecified atom stereocenters. The Morgan fingerprint density at radius 2 is 1.88 bits per heavy atom. The van der Waals surface area contributed by atoms with Crippen LogP contribution in [0.3, 0.4) is 0 Å². The van der Waals surface area contributed by atoms with E-state index in [0.717, 1.165) is 12.3 Å². The SMILES string of the molecule is CCCCCCC(CCl)Cc1ccccc1C. The lowest BCUT2D eigenvalue weighted by Crippen LogP contribution is -2.07. The van der Waals surface area contributed by atoms with Crippen molar-refractivity contribution < 1.29 is 0 Å². The fourth-order valence-corrected chi connectivity index (χ4v) is 2.51. The van der Waals surface area contributed by atoms with Crippen LogP contribution in [-0.2, 0) is 6.42 Å². The van der Waals surface area contributed by atoms with Gasteiger partial charge in [-0.05, 0) is 36.8 Å². The van der Waals surface area contributed by atoms with E-state index >= 15 is 0 Å². The second kappa shape index (κ2) is 8.58.